The number of hydrogen-bond donors (Lipinski definition) is 2. The average molecular weight is 344 g/mol. The molecule has 1 saturated carbocycles. The third-order valence-corrected chi connectivity index (χ3v) is 4.70. The van der Waals surface area contributed by atoms with Crippen LogP contribution in [-0.2, 0) is 11.2 Å². The van der Waals surface area contributed by atoms with Gasteiger partial charge in [-0.1, -0.05) is 11.6 Å². The summed E-state index contributed by atoms with van der Waals surface area (Å²) < 4.78 is 6.47. The van der Waals surface area contributed by atoms with Crippen LogP contribution in [0.1, 0.15) is 31.1 Å². The van der Waals surface area contributed by atoms with Crippen molar-refractivity contribution in [2.24, 2.45) is 10.9 Å². The lowest BCUT2D eigenvalue weighted by Gasteiger charge is -2.10. The standard InChI is InChI=1S/C16H26ClN3OS/c1-2-18-16(19-9-3-11-21-12-13-4-5-13)20-10-8-14-6-7-15(17)22-14/h6-7,13H,2-5,8-12H2,1H3,(H2,18,19,20). The Balaban J connectivity index is 1.58. The minimum absolute atomic E-state index is 0.796. The molecule has 124 valence electrons. The second kappa shape index (κ2) is 10.1. The molecule has 0 saturated heterocycles. The monoisotopic (exact) mass is 343 g/mol. The Labute approximate surface area is 142 Å². The molecule has 0 atom stereocenters. The van der Waals surface area contributed by atoms with Crippen molar-refractivity contribution in [2.45, 2.75) is 32.6 Å². The Bertz CT molecular complexity index is 460. The number of nitrogens with one attached hydrogen (secondary N) is 2. The van der Waals surface area contributed by atoms with Crippen molar-refractivity contribution < 1.29 is 4.74 Å². The number of aliphatic imine (C=N–C) groups is 1. The zero-order chi connectivity index (χ0) is 15.6. The number of halogens is 1. The lowest BCUT2D eigenvalue weighted by atomic mass is 10.3. The van der Waals surface area contributed by atoms with E-state index in [0.29, 0.717) is 0 Å². The Morgan fingerprint density at radius 2 is 2.27 bits per heavy atom. The van der Waals surface area contributed by atoms with E-state index < -0.39 is 0 Å². The van der Waals surface area contributed by atoms with Crippen LogP contribution in [0.15, 0.2) is 17.1 Å². The van der Waals surface area contributed by atoms with E-state index in [-0.39, 0.29) is 0 Å². The van der Waals surface area contributed by atoms with Crippen LogP contribution < -0.4 is 10.6 Å². The van der Waals surface area contributed by atoms with Crippen molar-refractivity contribution in [1.82, 2.24) is 10.6 Å². The van der Waals surface area contributed by atoms with Gasteiger partial charge in [0.2, 0.25) is 0 Å². The molecule has 0 radical (unpaired) electrons. The van der Waals surface area contributed by atoms with Crippen LogP contribution in [0.2, 0.25) is 4.34 Å². The highest BCUT2D eigenvalue weighted by molar-refractivity contribution is 7.16. The molecular formula is C16H26ClN3OS. The number of rotatable bonds is 10. The summed E-state index contributed by atoms with van der Waals surface area (Å²) in [7, 11) is 0. The van der Waals surface area contributed by atoms with E-state index >= 15 is 0 Å². The van der Waals surface area contributed by atoms with Crippen LogP contribution >= 0.6 is 22.9 Å². The van der Waals surface area contributed by atoms with E-state index in [0.717, 1.165) is 61.9 Å². The lowest BCUT2D eigenvalue weighted by Crippen LogP contribution is -2.38. The van der Waals surface area contributed by atoms with Gasteiger partial charge in [0, 0.05) is 37.7 Å². The molecule has 0 bridgehead atoms. The summed E-state index contributed by atoms with van der Waals surface area (Å²) in [5.74, 6) is 1.72. The van der Waals surface area contributed by atoms with Crippen LogP contribution in [0.25, 0.3) is 0 Å². The molecule has 1 aliphatic rings. The summed E-state index contributed by atoms with van der Waals surface area (Å²) >= 11 is 7.57. The highest BCUT2D eigenvalue weighted by Gasteiger charge is 2.20. The molecule has 1 aliphatic carbocycles. The normalized spacial score (nSPS) is 15.1. The van der Waals surface area contributed by atoms with Gasteiger partial charge in [0.15, 0.2) is 5.96 Å². The van der Waals surface area contributed by atoms with Crippen molar-refractivity contribution in [2.75, 3.05) is 32.8 Å². The molecule has 0 unspecified atom stereocenters. The third kappa shape index (κ3) is 7.47. The highest BCUT2D eigenvalue weighted by Crippen LogP contribution is 2.28. The first-order chi connectivity index (χ1) is 10.8. The van der Waals surface area contributed by atoms with Gasteiger partial charge in [0.25, 0.3) is 0 Å². The minimum Gasteiger partial charge on any atom is -0.381 e. The molecular weight excluding hydrogens is 318 g/mol. The Kier molecular flexibility index (Phi) is 8.05. The Hall–Kier alpha value is -0.780. The fraction of sp³-hybridized carbons (Fsp3) is 0.688. The van der Waals surface area contributed by atoms with Crippen LogP contribution in [-0.4, -0.2) is 38.8 Å². The lowest BCUT2D eigenvalue weighted by molar-refractivity contribution is 0.123. The summed E-state index contributed by atoms with van der Waals surface area (Å²) in [6.45, 7) is 6.36. The molecule has 2 N–H and O–H groups in total. The molecule has 0 aromatic carbocycles. The van der Waals surface area contributed by atoms with Gasteiger partial charge >= 0.3 is 0 Å². The summed E-state index contributed by atoms with van der Waals surface area (Å²) in [6, 6.07) is 4.03. The molecule has 0 aliphatic heterocycles. The topological polar surface area (TPSA) is 45.7 Å². The Morgan fingerprint density at radius 1 is 1.41 bits per heavy atom. The summed E-state index contributed by atoms with van der Waals surface area (Å²) in [4.78, 5) is 5.87. The fourth-order valence-corrected chi connectivity index (χ4v) is 3.11. The maximum Gasteiger partial charge on any atom is 0.191 e. The highest BCUT2D eigenvalue weighted by atomic mass is 35.5. The average Bonchev–Trinajstić information content (AvgIpc) is 3.24. The van der Waals surface area contributed by atoms with Crippen molar-refractivity contribution in [3.8, 4) is 0 Å². The van der Waals surface area contributed by atoms with E-state index in [9.17, 15) is 0 Å². The zero-order valence-electron chi connectivity index (χ0n) is 13.2. The van der Waals surface area contributed by atoms with Crippen LogP contribution in [0.5, 0.6) is 0 Å². The van der Waals surface area contributed by atoms with Gasteiger partial charge < -0.3 is 15.4 Å². The summed E-state index contributed by atoms with van der Waals surface area (Å²) in [5.41, 5.74) is 0. The van der Waals surface area contributed by atoms with E-state index in [1.54, 1.807) is 11.3 Å². The molecule has 1 fully saturated rings. The number of thiophene rings is 1. The molecule has 4 nitrogen and oxygen atoms in total. The zero-order valence-corrected chi connectivity index (χ0v) is 14.8. The molecule has 22 heavy (non-hydrogen) atoms. The van der Waals surface area contributed by atoms with E-state index in [1.807, 2.05) is 6.07 Å². The SMILES string of the molecule is CCNC(=NCCCOCC1CC1)NCCc1ccc(Cl)s1. The van der Waals surface area contributed by atoms with Gasteiger partial charge in [0.05, 0.1) is 4.34 Å². The number of guanidine groups is 1. The first-order valence-corrected chi connectivity index (χ1v) is 9.31. The number of hydrogen-bond acceptors (Lipinski definition) is 3. The van der Waals surface area contributed by atoms with Gasteiger partial charge in [0.1, 0.15) is 0 Å². The van der Waals surface area contributed by atoms with E-state index in [4.69, 9.17) is 16.3 Å². The molecule has 1 aromatic heterocycles. The van der Waals surface area contributed by atoms with Crippen molar-refractivity contribution in [1.29, 1.82) is 0 Å². The second-order valence-corrected chi connectivity index (χ2v) is 7.31. The van der Waals surface area contributed by atoms with Crippen LogP contribution in [0, 0.1) is 5.92 Å². The van der Waals surface area contributed by atoms with Crippen molar-refractivity contribution in [3.05, 3.63) is 21.3 Å². The molecule has 1 aromatic rings. The van der Waals surface area contributed by atoms with E-state index in [1.165, 1.54) is 17.7 Å². The summed E-state index contributed by atoms with van der Waals surface area (Å²) in [6.07, 6.45) is 4.64. The van der Waals surface area contributed by atoms with Crippen molar-refractivity contribution >= 4 is 28.9 Å². The molecule has 0 amide bonds. The molecule has 0 spiro atoms. The first-order valence-electron chi connectivity index (χ1n) is 8.12. The molecule has 1 heterocycles. The number of nitrogens with zero attached hydrogens (tertiary/aromatic N) is 1. The first kappa shape index (κ1) is 17.6. The quantitative estimate of drug-likeness (QED) is 0.389. The summed E-state index contributed by atoms with van der Waals surface area (Å²) in [5, 5.41) is 6.63. The van der Waals surface area contributed by atoms with Crippen LogP contribution in [0.4, 0.5) is 0 Å². The largest absolute Gasteiger partial charge is 0.381 e. The van der Waals surface area contributed by atoms with E-state index in [2.05, 4.69) is 28.6 Å². The minimum atomic E-state index is 0.796. The van der Waals surface area contributed by atoms with Gasteiger partial charge in [-0.15, -0.1) is 11.3 Å². The predicted octanol–water partition coefficient (Wildman–Crippen LogP) is 3.32. The predicted molar refractivity (Wildman–Crippen MR) is 95.2 cm³/mol. The van der Waals surface area contributed by atoms with Crippen LogP contribution in [0.3, 0.4) is 0 Å². The van der Waals surface area contributed by atoms with Gasteiger partial charge in [-0.2, -0.15) is 0 Å². The van der Waals surface area contributed by atoms with Gasteiger partial charge in [-0.3, -0.25) is 4.99 Å². The third-order valence-electron chi connectivity index (χ3n) is 3.40. The maximum atomic E-state index is 5.94. The van der Waals surface area contributed by atoms with Crippen molar-refractivity contribution in [3.63, 3.8) is 0 Å². The fourth-order valence-electron chi connectivity index (χ4n) is 2.02. The molecule has 2 rings (SSSR count). The second-order valence-electron chi connectivity index (χ2n) is 5.52. The number of ether oxygens (including phenoxy) is 1. The molecule has 6 heteroatoms. The van der Waals surface area contributed by atoms with Gasteiger partial charge in [-0.25, -0.2) is 0 Å². The van der Waals surface area contributed by atoms with Gasteiger partial charge in [-0.05, 0) is 50.7 Å². The smallest absolute Gasteiger partial charge is 0.191 e. The maximum absolute atomic E-state index is 5.94. The Morgan fingerprint density at radius 3 is 2.95 bits per heavy atom.